The van der Waals surface area contributed by atoms with Crippen LogP contribution in [0.2, 0.25) is 0 Å². The van der Waals surface area contributed by atoms with Crippen molar-refractivity contribution in [3.63, 3.8) is 0 Å². The lowest BCUT2D eigenvalue weighted by Gasteiger charge is -2.00. The predicted octanol–water partition coefficient (Wildman–Crippen LogP) is -0.00630. The summed E-state index contributed by atoms with van der Waals surface area (Å²) in [5.41, 5.74) is 6.09. The van der Waals surface area contributed by atoms with Gasteiger partial charge in [0.1, 0.15) is 0 Å². The van der Waals surface area contributed by atoms with E-state index in [0.717, 1.165) is 0 Å². The highest BCUT2D eigenvalue weighted by Gasteiger charge is 2.11. The Balaban J connectivity index is 2.63. The molecule has 0 aliphatic carbocycles. The van der Waals surface area contributed by atoms with E-state index in [1.54, 1.807) is 0 Å². The van der Waals surface area contributed by atoms with Gasteiger partial charge in [0.15, 0.2) is 0 Å². The second-order valence-electron chi connectivity index (χ2n) is 2.26. The Kier molecular flexibility index (Phi) is 1.69. The number of nitrogens with two attached hydrogens (primary N) is 1. The Hall–Kier alpha value is -1.92. The Labute approximate surface area is 72.9 Å². The summed E-state index contributed by atoms with van der Waals surface area (Å²) in [7, 11) is 0. The van der Waals surface area contributed by atoms with E-state index in [4.69, 9.17) is 10.5 Å². The van der Waals surface area contributed by atoms with Crippen molar-refractivity contribution < 1.29 is 9.37 Å². The van der Waals surface area contributed by atoms with E-state index in [9.17, 15) is 0 Å². The highest BCUT2D eigenvalue weighted by Crippen LogP contribution is 2.19. The quantitative estimate of drug-likeness (QED) is 0.695. The van der Waals surface area contributed by atoms with Crippen LogP contribution in [0.25, 0.3) is 11.2 Å². The average molecular weight is 181 g/mol. The van der Waals surface area contributed by atoms with Crippen LogP contribution in [0, 0.1) is 0 Å². The molecular weight excluding hydrogens is 174 g/mol. The minimum atomic E-state index is 0.0895. The van der Waals surface area contributed by atoms with Gasteiger partial charge in [-0.3, -0.25) is 0 Å². The third kappa shape index (κ3) is 1.24. The van der Waals surface area contributed by atoms with E-state index in [-0.39, 0.29) is 5.95 Å². The van der Waals surface area contributed by atoms with Crippen LogP contribution in [-0.2, 0) is 0 Å². The average Bonchev–Trinajstić information content (AvgIpc) is 2.52. The molecule has 2 aromatic heterocycles. The highest BCUT2D eigenvalue weighted by atomic mass is 16.6. The summed E-state index contributed by atoms with van der Waals surface area (Å²) in [6.07, 6.45) is 0. The Morgan fingerprint density at radius 2 is 2.23 bits per heavy atom. The van der Waals surface area contributed by atoms with Gasteiger partial charge in [0.2, 0.25) is 17.1 Å². The molecule has 0 amide bonds. The number of hydrogen-bond acceptors (Lipinski definition) is 7. The summed E-state index contributed by atoms with van der Waals surface area (Å²) in [6.45, 7) is 2.30. The Morgan fingerprint density at radius 3 is 3.00 bits per heavy atom. The first kappa shape index (κ1) is 7.71. The lowest BCUT2D eigenvalue weighted by atomic mass is 10.5. The van der Waals surface area contributed by atoms with Gasteiger partial charge in [0.05, 0.1) is 6.61 Å². The molecule has 7 heteroatoms. The van der Waals surface area contributed by atoms with Crippen molar-refractivity contribution in [2.45, 2.75) is 6.92 Å². The number of fused-ring (bicyclic) bond motifs is 1. The third-order valence-corrected chi connectivity index (χ3v) is 1.39. The van der Waals surface area contributed by atoms with Gasteiger partial charge in [-0.15, -0.1) is 0 Å². The molecule has 13 heavy (non-hydrogen) atoms. The fraction of sp³-hybridized carbons (Fsp3) is 0.333. The number of anilines is 1. The zero-order chi connectivity index (χ0) is 9.26. The van der Waals surface area contributed by atoms with Crippen molar-refractivity contribution in [3.05, 3.63) is 0 Å². The van der Waals surface area contributed by atoms with Crippen LogP contribution in [-0.4, -0.2) is 26.9 Å². The molecule has 2 N–H and O–H groups in total. The molecule has 2 aromatic rings. The molecule has 0 unspecified atom stereocenters. The molecule has 7 nitrogen and oxygen atoms in total. The molecule has 0 spiro atoms. The van der Waals surface area contributed by atoms with Gasteiger partial charge >= 0.3 is 0 Å². The smallest absolute Gasteiger partial charge is 0.251 e. The van der Waals surface area contributed by atoms with Gasteiger partial charge in [0, 0.05) is 0 Å². The first-order chi connectivity index (χ1) is 6.31. The van der Waals surface area contributed by atoms with Crippen molar-refractivity contribution in [3.8, 4) is 5.88 Å². The van der Waals surface area contributed by atoms with E-state index in [2.05, 4.69) is 24.9 Å². The van der Waals surface area contributed by atoms with Crippen molar-refractivity contribution >= 4 is 17.1 Å². The predicted molar refractivity (Wildman–Crippen MR) is 43.0 cm³/mol. The Bertz CT molecular complexity index is 426. The molecule has 0 fully saturated rings. The van der Waals surface area contributed by atoms with Gasteiger partial charge in [0.25, 0.3) is 5.88 Å². The SMILES string of the molecule is CCOc1nc(N)nc2nonc12. The van der Waals surface area contributed by atoms with Crippen LogP contribution in [0.15, 0.2) is 4.63 Å². The van der Waals surface area contributed by atoms with Gasteiger partial charge in [-0.2, -0.15) is 9.97 Å². The molecular formula is C6H7N5O2. The minimum absolute atomic E-state index is 0.0895. The third-order valence-electron chi connectivity index (χ3n) is 1.39. The van der Waals surface area contributed by atoms with Crippen LogP contribution in [0.1, 0.15) is 6.92 Å². The number of ether oxygens (including phenoxy) is 1. The maximum atomic E-state index is 5.40. The summed E-state index contributed by atoms with van der Waals surface area (Å²) in [6, 6.07) is 0. The summed E-state index contributed by atoms with van der Waals surface area (Å²) in [5, 5.41) is 7.11. The van der Waals surface area contributed by atoms with Crippen LogP contribution >= 0.6 is 0 Å². The topological polar surface area (TPSA) is 100.0 Å². The molecule has 0 saturated carbocycles. The maximum Gasteiger partial charge on any atom is 0.251 e. The molecule has 2 rings (SSSR count). The standard InChI is InChI=1S/C6H7N5O2/c1-2-12-5-3-4(11-13-10-3)8-6(7)9-5/h2H2,1H3,(H2,7,8,11). The Morgan fingerprint density at radius 1 is 1.38 bits per heavy atom. The lowest BCUT2D eigenvalue weighted by molar-refractivity contribution is 0.307. The lowest BCUT2D eigenvalue weighted by Crippen LogP contribution is -2.01. The van der Waals surface area contributed by atoms with Gasteiger partial charge in [-0.05, 0) is 17.2 Å². The normalized spacial score (nSPS) is 10.5. The van der Waals surface area contributed by atoms with Crippen LogP contribution in [0.4, 0.5) is 5.95 Å². The van der Waals surface area contributed by atoms with E-state index in [1.165, 1.54) is 0 Å². The van der Waals surface area contributed by atoms with Crippen LogP contribution < -0.4 is 10.5 Å². The van der Waals surface area contributed by atoms with E-state index in [1.807, 2.05) is 6.92 Å². The van der Waals surface area contributed by atoms with Crippen LogP contribution in [0.5, 0.6) is 5.88 Å². The van der Waals surface area contributed by atoms with Gasteiger partial charge < -0.3 is 10.5 Å². The van der Waals surface area contributed by atoms with Crippen LogP contribution in [0.3, 0.4) is 0 Å². The number of rotatable bonds is 2. The molecule has 0 radical (unpaired) electrons. The molecule has 0 aliphatic heterocycles. The first-order valence-corrected chi connectivity index (χ1v) is 3.70. The fourth-order valence-corrected chi connectivity index (χ4v) is 0.920. The van der Waals surface area contributed by atoms with E-state index >= 15 is 0 Å². The molecule has 68 valence electrons. The molecule has 0 atom stereocenters. The van der Waals surface area contributed by atoms with Crippen molar-refractivity contribution in [2.24, 2.45) is 0 Å². The largest absolute Gasteiger partial charge is 0.476 e. The van der Waals surface area contributed by atoms with E-state index in [0.29, 0.717) is 23.7 Å². The van der Waals surface area contributed by atoms with Gasteiger partial charge in [-0.25, -0.2) is 4.63 Å². The van der Waals surface area contributed by atoms with Crippen molar-refractivity contribution in [1.82, 2.24) is 20.3 Å². The van der Waals surface area contributed by atoms with E-state index < -0.39 is 0 Å². The first-order valence-electron chi connectivity index (χ1n) is 3.70. The number of nitrogen functional groups attached to an aromatic ring is 1. The van der Waals surface area contributed by atoms with Crippen molar-refractivity contribution in [1.29, 1.82) is 0 Å². The highest BCUT2D eigenvalue weighted by molar-refractivity contribution is 5.75. The molecule has 0 aromatic carbocycles. The molecule has 0 aliphatic rings. The number of nitrogens with zero attached hydrogens (tertiary/aromatic N) is 4. The number of aromatic nitrogens is 4. The summed E-state index contributed by atoms with van der Waals surface area (Å²) >= 11 is 0. The zero-order valence-electron chi connectivity index (χ0n) is 6.89. The fourth-order valence-electron chi connectivity index (χ4n) is 0.920. The monoisotopic (exact) mass is 181 g/mol. The molecule has 2 heterocycles. The summed E-state index contributed by atoms with van der Waals surface area (Å²) < 4.78 is 9.63. The molecule has 0 saturated heterocycles. The second-order valence-corrected chi connectivity index (χ2v) is 2.26. The second kappa shape index (κ2) is 2.85. The van der Waals surface area contributed by atoms with Gasteiger partial charge in [-0.1, -0.05) is 0 Å². The van der Waals surface area contributed by atoms with Crippen molar-refractivity contribution in [2.75, 3.05) is 12.3 Å². The summed E-state index contributed by atoms with van der Waals surface area (Å²) in [4.78, 5) is 7.64. The maximum absolute atomic E-state index is 5.40. The number of hydrogen-bond donors (Lipinski definition) is 1. The zero-order valence-corrected chi connectivity index (χ0v) is 6.89. The summed E-state index contributed by atoms with van der Waals surface area (Å²) in [5.74, 6) is 0.387. The minimum Gasteiger partial charge on any atom is -0.476 e. The molecule has 0 bridgehead atoms.